The van der Waals surface area contributed by atoms with E-state index < -0.39 is 0 Å². The molecular formula is C14H16N2O4. The topological polar surface area (TPSA) is 79.7 Å². The first-order valence-electron chi connectivity index (χ1n) is 6.43. The second kappa shape index (κ2) is 5.42. The fourth-order valence-electron chi connectivity index (χ4n) is 2.07. The van der Waals surface area contributed by atoms with Gasteiger partial charge in [-0.15, -0.1) is 0 Å². The van der Waals surface area contributed by atoms with Crippen LogP contribution in [0.3, 0.4) is 0 Å². The molecular weight excluding hydrogens is 260 g/mol. The van der Waals surface area contributed by atoms with Gasteiger partial charge in [0.15, 0.2) is 17.3 Å². The predicted molar refractivity (Wildman–Crippen MR) is 70.8 cm³/mol. The van der Waals surface area contributed by atoms with Gasteiger partial charge in [0.1, 0.15) is 12.4 Å². The van der Waals surface area contributed by atoms with Crippen molar-refractivity contribution in [2.24, 2.45) is 5.73 Å². The summed E-state index contributed by atoms with van der Waals surface area (Å²) in [6, 6.07) is 5.54. The van der Waals surface area contributed by atoms with Gasteiger partial charge in [-0.1, -0.05) is 5.16 Å². The van der Waals surface area contributed by atoms with Gasteiger partial charge in [-0.05, 0) is 25.0 Å². The van der Waals surface area contributed by atoms with E-state index in [1.807, 2.05) is 19.1 Å². The minimum absolute atomic E-state index is 0.0306. The van der Waals surface area contributed by atoms with Crippen LogP contribution in [0.25, 0.3) is 0 Å². The van der Waals surface area contributed by atoms with Crippen LogP contribution < -0.4 is 19.9 Å². The molecule has 0 fully saturated rings. The Morgan fingerprint density at radius 3 is 2.85 bits per heavy atom. The molecule has 0 radical (unpaired) electrons. The number of nitrogens with two attached hydrogens (primary N) is 1. The fourth-order valence-corrected chi connectivity index (χ4v) is 2.07. The van der Waals surface area contributed by atoms with Gasteiger partial charge < -0.3 is 24.5 Å². The van der Waals surface area contributed by atoms with Gasteiger partial charge in [0.05, 0.1) is 6.20 Å². The van der Waals surface area contributed by atoms with E-state index in [-0.39, 0.29) is 12.8 Å². The summed E-state index contributed by atoms with van der Waals surface area (Å²) in [5.74, 6) is 2.80. The highest BCUT2D eigenvalue weighted by Gasteiger charge is 2.19. The third-order valence-corrected chi connectivity index (χ3v) is 2.96. The molecule has 1 aromatic carbocycles. The van der Waals surface area contributed by atoms with Crippen molar-refractivity contribution in [3.63, 3.8) is 0 Å². The minimum Gasteiger partial charge on any atom is -0.485 e. The molecule has 1 unspecified atom stereocenters. The van der Waals surface area contributed by atoms with Gasteiger partial charge in [0.2, 0.25) is 6.79 Å². The Bertz CT molecular complexity index is 581. The first-order valence-corrected chi connectivity index (χ1v) is 6.43. The lowest BCUT2D eigenvalue weighted by Gasteiger charge is -2.13. The molecule has 0 bridgehead atoms. The SMILES string of the molecule is CC(N)Cc1cc2c(cc1OCc1ccno1)OCO2. The molecule has 1 aromatic heterocycles. The van der Waals surface area contributed by atoms with Crippen molar-refractivity contribution in [1.29, 1.82) is 0 Å². The maximum absolute atomic E-state index is 5.87. The molecule has 0 aliphatic carbocycles. The van der Waals surface area contributed by atoms with E-state index in [0.29, 0.717) is 24.5 Å². The normalized spacial score (nSPS) is 14.3. The maximum atomic E-state index is 5.87. The second-order valence-corrected chi connectivity index (χ2v) is 4.76. The first-order chi connectivity index (χ1) is 9.72. The van der Waals surface area contributed by atoms with Crippen molar-refractivity contribution in [2.45, 2.75) is 26.0 Å². The van der Waals surface area contributed by atoms with Crippen LogP contribution in [0.4, 0.5) is 0 Å². The summed E-state index contributed by atoms with van der Waals surface area (Å²) in [5.41, 5.74) is 6.86. The number of fused-ring (bicyclic) bond motifs is 1. The third kappa shape index (κ3) is 2.70. The second-order valence-electron chi connectivity index (χ2n) is 4.76. The average molecular weight is 276 g/mol. The molecule has 2 heterocycles. The average Bonchev–Trinajstić information content (AvgIpc) is 3.05. The fraction of sp³-hybridized carbons (Fsp3) is 0.357. The number of ether oxygens (including phenoxy) is 3. The Labute approximate surface area is 116 Å². The van der Waals surface area contributed by atoms with E-state index in [2.05, 4.69) is 5.16 Å². The number of nitrogens with zero attached hydrogens (tertiary/aromatic N) is 1. The van der Waals surface area contributed by atoms with E-state index in [4.69, 9.17) is 24.5 Å². The molecule has 0 saturated heterocycles. The highest BCUT2D eigenvalue weighted by Crippen LogP contribution is 2.38. The van der Waals surface area contributed by atoms with Crippen LogP contribution in [-0.2, 0) is 13.0 Å². The zero-order chi connectivity index (χ0) is 13.9. The predicted octanol–water partition coefficient (Wildman–Crippen LogP) is 1.87. The molecule has 6 nitrogen and oxygen atoms in total. The Morgan fingerprint density at radius 2 is 2.15 bits per heavy atom. The summed E-state index contributed by atoms with van der Waals surface area (Å²) in [7, 11) is 0. The van der Waals surface area contributed by atoms with Crippen LogP contribution in [0.2, 0.25) is 0 Å². The minimum atomic E-state index is 0.0306. The number of rotatable bonds is 5. The van der Waals surface area contributed by atoms with Crippen LogP contribution in [0.15, 0.2) is 28.9 Å². The smallest absolute Gasteiger partial charge is 0.231 e. The summed E-state index contributed by atoms with van der Waals surface area (Å²) in [5, 5.41) is 3.64. The van der Waals surface area contributed by atoms with E-state index in [0.717, 1.165) is 17.1 Å². The molecule has 0 saturated carbocycles. The summed E-state index contributed by atoms with van der Waals surface area (Å²) < 4.78 is 21.5. The lowest BCUT2D eigenvalue weighted by Crippen LogP contribution is -2.18. The number of hydrogen-bond donors (Lipinski definition) is 1. The van der Waals surface area contributed by atoms with Gasteiger partial charge in [-0.3, -0.25) is 0 Å². The number of benzene rings is 1. The molecule has 2 aromatic rings. The first kappa shape index (κ1) is 12.8. The van der Waals surface area contributed by atoms with E-state index >= 15 is 0 Å². The van der Waals surface area contributed by atoms with E-state index in [9.17, 15) is 0 Å². The Balaban J connectivity index is 1.83. The molecule has 1 aliphatic heterocycles. The van der Waals surface area contributed by atoms with Crippen molar-refractivity contribution in [3.05, 3.63) is 35.7 Å². The highest BCUT2D eigenvalue weighted by molar-refractivity contribution is 5.52. The molecule has 1 aliphatic rings. The van der Waals surface area contributed by atoms with Gasteiger partial charge in [-0.2, -0.15) is 0 Å². The van der Waals surface area contributed by atoms with Crippen molar-refractivity contribution in [2.75, 3.05) is 6.79 Å². The number of aromatic nitrogens is 1. The van der Waals surface area contributed by atoms with Gasteiger partial charge in [0, 0.05) is 18.2 Å². The molecule has 0 spiro atoms. The molecule has 3 rings (SSSR count). The highest BCUT2D eigenvalue weighted by atomic mass is 16.7. The van der Waals surface area contributed by atoms with Crippen molar-refractivity contribution in [3.8, 4) is 17.2 Å². The molecule has 0 amide bonds. The van der Waals surface area contributed by atoms with E-state index in [1.54, 1.807) is 12.3 Å². The Morgan fingerprint density at radius 1 is 1.35 bits per heavy atom. The molecule has 20 heavy (non-hydrogen) atoms. The van der Waals surface area contributed by atoms with Crippen LogP contribution in [0, 0.1) is 0 Å². The summed E-state index contributed by atoms with van der Waals surface area (Å²) in [4.78, 5) is 0. The zero-order valence-corrected chi connectivity index (χ0v) is 11.2. The van der Waals surface area contributed by atoms with Crippen LogP contribution in [-0.4, -0.2) is 18.0 Å². The molecule has 2 N–H and O–H groups in total. The maximum Gasteiger partial charge on any atom is 0.231 e. The van der Waals surface area contributed by atoms with Gasteiger partial charge in [-0.25, -0.2) is 0 Å². The molecule has 106 valence electrons. The third-order valence-electron chi connectivity index (χ3n) is 2.96. The summed E-state index contributed by atoms with van der Waals surface area (Å²) >= 11 is 0. The van der Waals surface area contributed by atoms with Crippen LogP contribution >= 0.6 is 0 Å². The standard InChI is InChI=1S/C14H16N2O4/c1-9(15)4-10-5-13-14(19-8-18-13)6-12(10)17-7-11-2-3-16-20-11/h2-3,5-6,9H,4,7-8,15H2,1H3. The molecule has 6 heteroatoms. The van der Waals surface area contributed by atoms with Crippen molar-refractivity contribution < 1.29 is 18.7 Å². The zero-order valence-electron chi connectivity index (χ0n) is 11.2. The monoisotopic (exact) mass is 276 g/mol. The van der Waals surface area contributed by atoms with Gasteiger partial charge >= 0.3 is 0 Å². The largest absolute Gasteiger partial charge is 0.485 e. The molecule has 1 atom stereocenters. The summed E-state index contributed by atoms with van der Waals surface area (Å²) in [6.07, 6.45) is 2.28. The Kier molecular flexibility index (Phi) is 3.47. The van der Waals surface area contributed by atoms with Crippen LogP contribution in [0.1, 0.15) is 18.2 Å². The van der Waals surface area contributed by atoms with Gasteiger partial charge in [0.25, 0.3) is 0 Å². The lowest BCUT2D eigenvalue weighted by atomic mass is 10.1. The van der Waals surface area contributed by atoms with Crippen LogP contribution in [0.5, 0.6) is 17.2 Å². The summed E-state index contributed by atoms with van der Waals surface area (Å²) in [6.45, 7) is 2.49. The van der Waals surface area contributed by atoms with E-state index in [1.165, 1.54) is 0 Å². The quantitative estimate of drug-likeness (QED) is 0.898. The van der Waals surface area contributed by atoms with Crippen molar-refractivity contribution in [1.82, 2.24) is 5.16 Å². The van der Waals surface area contributed by atoms with Crippen molar-refractivity contribution >= 4 is 0 Å². The lowest BCUT2D eigenvalue weighted by molar-refractivity contribution is 0.173. The Hall–Kier alpha value is -2.21. The number of hydrogen-bond acceptors (Lipinski definition) is 6.